The molecule has 108 valence electrons. The molecule has 0 fully saturated rings. The first-order chi connectivity index (χ1) is 10.1. The predicted octanol–water partition coefficient (Wildman–Crippen LogP) is 2.66. The maximum absolute atomic E-state index is 9.89. The molecular formula is C15H16N4O2. The van der Waals surface area contributed by atoms with Crippen LogP contribution in [0.15, 0.2) is 47.4 Å². The van der Waals surface area contributed by atoms with Gasteiger partial charge in [-0.1, -0.05) is 19.1 Å². The van der Waals surface area contributed by atoms with E-state index in [1.807, 2.05) is 6.92 Å². The SMILES string of the molecule is C=C(/C=C(\C=N/C)Oc1nc(O)c2ccncc2n1)CC. The number of fused-ring (bicyclic) bond motifs is 1. The molecule has 0 saturated carbocycles. The Morgan fingerprint density at radius 2 is 2.29 bits per heavy atom. The normalized spacial score (nSPS) is 12.0. The predicted molar refractivity (Wildman–Crippen MR) is 81.6 cm³/mol. The summed E-state index contributed by atoms with van der Waals surface area (Å²) in [6.45, 7) is 5.88. The van der Waals surface area contributed by atoms with Gasteiger partial charge in [0.2, 0.25) is 5.88 Å². The maximum Gasteiger partial charge on any atom is 0.325 e. The molecule has 2 rings (SSSR count). The van der Waals surface area contributed by atoms with E-state index in [9.17, 15) is 5.11 Å². The topological polar surface area (TPSA) is 80.5 Å². The Morgan fingerprint density at radius 3 is 3.00 bits per heavy atom. The van der Waals surface area contributed by atoms with Gasteiger partial charge in [0.1, 0.15) is 5.76 Å². The zero-order chi connectivity index (χ0) is 15.2. The number of aromatic hydroxyl groups is 1. The van der Waals surface area contributed by atoms with E-state index in [-0.39, 0.29) is 11.9 Å². The third kappa shape index (κ3) is 3.62. The molecule has 6 heteroatoms. The van der Waals surface area contributed by atoms with Crippen LogP contribution in [-0.4, -0.2) is 33.3 Å². The lowest BCUT2D eigenvalue weighted by molar-refractivity contribution is 0.397. The molecule has 0 radical (unpaired) electrons. The molecule has 1 N–H and O–H groups in total. The Kier molecular flexibility index (Phi) is 4.61. The number of aromatic nitrogens is 3. The van der Waals surface area contributed by atoms with Crippen molar-refractivity contribution in [3.63, 3.8) is 0 Å². The quantitative estimate of drug-likeness (QED) is 0.518. The standard InChI is InChI=1S/C15H16N4O2/c1-4-10(2)7-11(8-16-3)21-15-18-13-9-17-6-5-12(13)14(20)19-15/h5-9H,2,4H2,1,3H3,(H,18,19,20)/b11-7+,16-8-. The summed E-state index contributed by atoms with van der Waals surface area (Å²) in [6.07, 6.45) is 7.17. The van der Waals surface area contributed by atoms with Crippen molar-refractivity contribution in [2.75, 3.05) is 7.05 Å². The third-order valence-electron chi connectivity index (χ3n) is 2.72. The van der Waals surface area contributed by atoms with Crippen LogP contribution in [0.1, 0.15) is 13.3 Å². The van der Waals surface area contributed by atoms with Crippen LogP contribution in [0.3, 0.4) is 0 Å². The lowest BCUT2D eigenvalue weighted by Gasteiger charge is -2.06. The number of aliphatic imine (C=N–C) groups is 1. The van der Waals surface area contributed by atoms with Crippen LogP contribution in [0, 0.1) is 0 Å². The largest absolute Gasteiger partial charge is 0.493 e. The van der Waals surface area contributed by atoms with Gasteiger partial charge < -0.3 is 9.84 Å². The minimum Gasteiger partial charge on any atom is -0.493 e. The molecule has 0 aliphatic heterocycles. The van der Waals surface area contributed by atoms with Crippen molar-refractivity contribution in [1.29, 1.82) is 0 Å². The third-order valence-corrected chi connectivity index (χ3v) is 2.72. The number of allylic oxidation sites excluding steroid dienone is 3. The number of nitrogens with zero attached hydrogens (tertiary/aromatic N) is 4. The summed E-state index contributed by atoms with van der Waals surface area (Å²) in [5.41, 5.74) is 1.39. The monoisotopic (exact) mass is 284 g/mol. The molecule has 6 nitrogen and oxygen atoms in total. The molecule has 0 amide bonds. The molecule has 0 atom stereocenters. The second-order valence-electron chi connectivity index (χ2n) is 4.27. The van der Waals surface area contributed by atoms with E-state index in [0.717, 1.165) is 12.0 Å². The van der Waals surface area contributed by atoms with E-state index < -0.39 is 0 Å². The van der Waals surface area contributed by atoms with Crippen molar-refractivity contribution in [1.82, 2.24) is 15.0 Å². The average Bonchev–Trinajstić information content (AvgIpc) is 2.47. The van der Waals surface area contributed by atoms with Crippen LogP contribution >= 0.6 is 0 Å². The van der Waals surface area contributed by atoms with Crippen molar-refractivity contribution in [2.45, 2.75) is 13.3 Å². The molecular weight excluding hydrogens is 268 g/mol. The fraction of sp³-hybridized carbons (Fsp3) is 0.200. The zero-order valence-corrected chi connectivity index (χ0v) is 11.9. The van der Waals surface area contributed by atoms with Gasteiger partial charge in [0, 0.05) is 13.2 Å². The van der Waals surface area contributed by atoms with Gasteiger partial charge >= 0.3 is 6.01 Å². The van der Waals surface area contributed by atoms with Crippen LogP contribution < -0.4 is 4.74 Å². The van der Waals surface area contributed by atoms with Gasteiger partial charge in [-0.15, -0.1) is 0 Å². The molecule has 0 aliphatic rings. The first-order valence-corrected chi connectivity index (χ1v) is 6.44. The molecule has 0 aliphatic carbocycles. The van der Waals surface area contributed by atoms with Crippen molar-refractivity contribution in [3.8, 4) is 11.9 Å². The zero-order valence-electron chi connectivity index (χ0n) is 11.9. The molecule has 0 spiro atoms. The van der Waals surface area contributed by atoms with Crippen molar-refractivity contribution in [2.24, 2.45) is 4.99 Å². The lowest BCUT2D eigenvalue weighted by Crippen LogP contribution is -2.02. The summed E-state index contributed by atoms with van der Waals surface area (Å²) in [4.78, 5) is 16.0. The van der Waals surface area contributed by atoms with Crippen LogP contribution in [0.2, 0.25) is 0 Å². The summed E-state index contributed by atoms with van der Waals surface area (Å²) in [5.74, 6) is 0.298. The van der Waals surface area contributed by atoms with E-state index in [2.05, 4.69) is 26.5 Å². The van der Waals surface area contributed by atoms with Crippen LogP contribution in [-0.2, 0) is 0 Å². The highest BCUT2D eigenvalue weighted by Gasteiger charge is 2.09. The van der Waals surface area contributed by atoms with Crippen LogP contribution in [0.4, 0.5) is 0 Å². The van der Waals surface area contributed by atoms with Gasteiger partial charge in [-0.05, 0) is 18.6 Å². The van der Waals surface area contributed by atoms with E-state index in [1.165, 1.54) is 12.4 Å². The summed E-state index contributed by atoms with van der Waals surface area (Å²) >= 11 is 0. The highest BCUT2D eigenvalue weighted by atomic mass is 16.5. The van der Waals surface area contributed by atoms with Gasteiger partial charge in [-0.2, -0.15) is 9.97 Å². The number of hydrogen-bond acceptors (Lipinski definition) is 6. The van der Waals surface area contributed by atoms with Crippen LogP contribution in [0.25, 0.3) is 10.9 Å². The second kappa shape index (κ2) is 6.60. The smallest absolute Gasteiger partial charge is 0.325 e. The lowest BCUT2D eigenvalue weighted by atomic mass is 10.2. The van der Waals surface area contributed by atoms with Crippen molar-refractivity contribution < 1.29 is 9.84 Å². The van der Waals surface area contributed by atoms with Gasteiger partial charge in [-0.25, -0.2) is 0 Å². The van der Waals surface area contributed by atoms with Gasteiger partial charge in [0.25, 0.3) is 0 Å². The average molecular weight is 284 g/mol. The van der Waals surface area contributed by atoms with Gasteiger partial charge in [-0.3, -0.25) is 9.98 Å². The molecule has 21 heavy (non-hydrogen) atoms. The van der Waals surface area contributed by atoms with Gasteiger partial charge in [0.15, 0.2) is 0 Å². The highest BCUT2D eigenvalue weighted by Crippen LogP contribution is 2.23. The van der Waals surface area contributed by atoms with Crippen molar-refractivity contribution in [3.05, 3.63) is 42.4 Å². The minimum absolute atomic E-state index is 0.0306. The van der Waals surface area contributed by atoms with Gasteiger partial charge in [0.05, 0.1) is 23.3 Å². The summed E-state index contributed by atoms with van der Waals surface area (Å²) in [7, 11) is 1.63. The summed E-state index contributed by atoms with van der Waals surface area (Å²) in [6, 6.07) is 1.67. The first-order valence-electron chi connectivity index (χ1n) is 6.44. The number of pyridine rings is 1. The summed E-state index contributed by atoms with van der Waals surface area (Å²) in [5, 5.41) is 10.4. The molecule has 2 aromatic rings. The molecule has 2 heterocycles. The van der Waals surface area contributed by atoms with Crippen molar-refractivity contribution >= 4 is 17.1 Å². The maximum atomic E-state index is 9.89. The van der Waals surface area contributed by atoms with E-state index >= 15 is 0 Å². The van der Waals surface area contributed by atoms with E-state index in [4.69, 9.17) is 4.74 Å². The molecule has 0 bridgehead atoms. The molecule has 0 saturated heterocycles. The molecule has 0 aromatic carbocycles. The Bertz CT molecular complexity index is 723. The number of hydrogen-bond donors (Lipinski definition) is 1. The molecule has 2 aromatic heterocycles. The second-order valence-corrected chi connectivity index (χ2v) is 4.27. The number of rotatable bonds is 5. The van der Waals surface area contributed by atoms with Crippen LogP contribution in [0.5, 0.6) is 11.9 Å². The Labute approximate surface area is 122 Å². The minimum atomic E-state index is -0.153. The highest BCUT2D eigenvalue weighted by molar-refractivity contribution is 5.82. The Morgan fingerprint density at radius 1 is 1.48 bits per heavy atom. The first kappa shape index (κ1) is 14.6. The Hall–Kier alpha value is -2.76. The number of ether oxygens (including phenoxy) is 1. The Balaban J connectivity index is 2.37. The van der Waals surface area contributed by atoms with E-state index in [1.54, 1.807) is 25.4 Å². The fourth-order valence-electron chi connectivity index (χ4n) is 1.62. The fourth-order valence-corrected chi connectivity index (χ4v) is 1.62. The summed E-state index contributed by atoms with van der Waals surface area (Å²) < 4.78 is 5.56. The van der Waals surface area contributed by atoms with E-state index in [0.29, 0.717) is 16.7 Å². The molecule has 0 unspecified atom stereocenters.